The molecule has 4 heteroatoms. The zero-order valence-corrected chi connectivity index (χ0v) is 12.2. The van der Waals surface area contributed by atoms with Crippen molar-refractivity contribution in [3.05, 3.63) is 95.0 Å². The lowest BCUT2D eigenvalue weighted by atomic mass is 10.1. The summed E-state index contributed by atoms with van der Waals surface area (Å²) in [5.74, 6) is -0.442. The minimum atomic E-state index is -0.442. The molecule has 0 unspecified atom stereocenters. The van der Waals surface area contributed by atoms with Crippen LogP contribution in [0.15, 0.2) is 73.1 Å². The van der Waals surface area contributed by atoms with E-state index in [2.05, 4.69) is 0 Å². The first-order valence-corrected chi connectivity index (χ1v) is 7.32. The van der Waals surface area contributed by atoms with Crippen molar-refractivity contribution in [1.29, 1.82) is 0 Å². The molecule has 1 aromatic heterocycles. The third-order valence-corrected chi connectivity index (χ3v) is 4.04. The van der Waals surface area contributed by atoms with Gasteiger partial charge in [-0.3, -0.25) is 0 Å². The molecule has 4 rings (SSSR count). The molecule has 4 nitrogen and oxygen atoms in total. The summed E-state index contributed by atoms with van der Waals surface area (Å²) in [5, 5.41) is 11.1. The van der Waals surface area contributed by atoms with Gasteiger partial charge in [0.05, 0.1) is 5.56 Å². The van der Waals surface area contributed by atoms with E-state index in [9.17, 15) is 10.0 Å². The highest BCUT2D eigenvalue weighted by Gasteiger charge is 2.31. The summed E-state index contributed by atoms with van der Waals surface area (Å²) in [6.45, 7) is 0. The number of pyridine rings is 1. The number of esters is 1. The van der Waals surface area contributed by atoms with Crippen molar-refractivity contribution >= 4 is 5.97 Å². The predicted octanol–water partition coefficient (Wildman–Crippen LogP) is 3.25. The number of hydrogen-bond acceptors (Lipinski definition) is 3. The minimum absolute atomic E-state index is 0.360. The second-order valence-electron chi connectivity index (χ2n) is 5.41. The Balaban J connectivity index is 1.71. The summed E-state index contributed by atoms with van der Waals surface area (Å²) < 4.78 is 6.38. The molecule has 0 bridgehead atoms. The Morgan fingerprint density at radius 2 is 1.39 bits per heavy atom. The third-order valence-electron chi connectivity index (χ3n) is 4.04. The fourth-order valence-corrected chi connectivity index (χ4v) is 2.96. The molecular weight excluding hydrogens is 290 g/mol. The lowest BCUT2D eigenvalue weighted by molar-refractivity contribution is -0.605. The monoisotopic (exact) mass is 303 g/mol. The van der Waals surface area contributed by atoms with E-state index in [1.165, 1.54) is 24.5 Å². The summed E-state index contributed by atoms with van der Waals surface area (Å²) in [6.07, 6.45) is 2.15. The van der Waals surface area contributed by atoms with Gasteiger partial charge in [0, 0.05) is 23.3 Å². The molecule has 0 fully saturated rings. The van der Waals surface area contributed by atoms with E-state index in [4.69, 9.17) is 4.74 Å². The van der Waals surface area contributed by atoms with Gasteiger partial charge in [-0.2, -0.15) is 4.73 Å². The van der Waals surface area contributed by atoms with Crippen LogP contribution in [0.5, 0.6) is 0 Å². The predicted molar refractivity (Wildman–Crippen MR) is 84.5 cm³/mol. The van der Waals surface area contributed by atoms with Gasteiger partial charge in [0.15, 0.2) is 18.5 Å². The van der Waals surface area contributed by atoms with Gasteiger partial charge in [-0.1, -0.05) is 48.5 Å². The third kappa shape index (κ3) is 2.25. The fraction of sp³-hybridized carbons (Fsp3) is 0.0526. The van der Waals surface area contributed by atoms with E-state index in [0.29, 0.717) is 10.3 Å². The van der Waals surface area contributed by atoms with Crippen LogP contribution in [0.25, 0.3) is 11.1 Å². The molecule has 0 saturated heterocycles. The van der Waals surface area contributed by atoms with Crippen molar-refractivity contribution in [1.82, 2.24) is 0 Å². The standard InChI is InChI=1S/C19H13NO3/c21-19(13-9-11-20(22)12-10-13)23-18-16-7-3-1-5-14(16)15-6-2-4-8-17(15)18/h1-12,18H. The van der Waals surface area contributed by atoms with Crippen molar-refractivity contribution < 1.29 is 14.3 Å². The maximum atomic E-state index is 12.4. The van der Waals surface area contributed by atoms with Crippen molar-refractivity contribution in [2.45, 2.75) is 6.10 Å². The van der Waals surface area contributed by atoms with Crippen LogP contribution in [0.4, 0.5) is 0 Å². The Bertz CT molecular complexity index is 842. The highest BCUT2D eigenvalue weighted by atomic mass is 16.5. The average molecular weight is 303 g/mol. The van der Waals surface area contributed by atoms with Crippen LogP contribution in [-0.2, 0) is 4.74 Å². The van der Waals surface area contributed by atoms with Crippen LogP contribution in [0.2, 0.25) is 0 Å². The molecule has 0 atom stereocenters. The highest BCUT2D eigenvalue weighted by Crippen LogP contribution is 2.45. The largest absolute Gasteiger partial charge is 0.619 e. The van der Waals surface area contributed by atoms with E-state index in [1.54, 1.807) is 0 Å². The number of carbonyl (C=O) groups excluding carboxylic acids is 1. The second kappa shape index (κ2) is 5.25. The maximum Gasteiger partial charge on any atom is 0.339 e. The summed E-state index contributed by atoms with van der Waals surface area (Å²) in [6, 6.07) is 18.8. The van der Waals surface area contributed by atoms with Gasteiger partial charge < -0.3 is 9.94 Å². The van der Waals surface area contributed by atoms with Crippen molar-refractivity contribution in [3.8, 4) is 11.1 Å². The molecule has 0 N–H and O–H groups in total. The molecule has 0 aliphatic heterocycles. The van der Waals surface area contributed by atoms with Gasteiger partial charge in [0.2, 0.25) is 0 Å². The van der Waals surface area contributed by atoms with Gasteiger partial charge in [-0.15, -0.1) is 0 Å². The lowest BCUT2D eigenvalue weighted by Gasteiger charge is -2.15. The topological polar surface area (TPSA) is 53.2 Å². The van der Waals surface area contributed by atoms with Gasteiger partial charge in [-0.05, 0) is 11.1 Å². The Morgan fingerprint density at radius 3 is 1.96 bits per heavy atom. The normalized spacial score (nSPS) is 12.5. The Hall–Kier alpha value is -3.14. The molecule has 112 valence electrons. The number of nitrogens with zero attached hydrogens (tertiary/aromatic N) is 1. The summed E-state index contributed by atoms with van der Waals surface area (Å²) >= 11 is 0. The average Bonchev–Trinajstić information content (AvgIpc) is 2.90. The molecule has 1 heterocycles. The first kappa shape index (κ1) is 13.5. The van der Waals surface area contributed by atoms with Gasteiger partial charge >= 0.3 is 5.97 Å². The quantitative estimate of drug-likeness (QED) is 0.415. The molecule has 0 saturated carbocycles. The number of benzene rings is 2. The SMILES string of the molecule is O=C(OC1c2ccccc2-c2ccccc21)c1cc[n+]([O-])cc1. The van der Waals surface area contributed by atoms with Crippen LogP contribution in [0, 0.1) is 5.21 Å². The van der Waals surface area contributed by atoms with Crippen LogP contribution in [0.1, 0.15) is 27.6 Å². The summed E-state index contributed by atoms with van der Waals surface area (Å²) in [7, 11) is 0. The molecule has 0 spiro atoms. The van der Waals surface area contributed by atoms with Gasteiger partial charge in [0.1, 0.15) is 0 Å². The van der Waals surface area contributed by atoms with E-state index >= 15 is 0 Å². The molecular formula is C19H13NO3. The number of ether oxygens (including phenoxy) is 1. The number of fused-ring (bicyclic) bond motifs is 3. The van der Waals surface area contributed by atoms with Gasteiger partial charge in [0.25, 0.3) is 0 Å². The van der Waals surface area contributed by atoms with Crippen molar-refractivity contribution in [2.24, 2.45) is 0 Å². The first-order chi connectivity index (χ1) is 11.2. The molecule has 1 aliphatic rings. The fourth-order valence-electron chi connectivity index (χ4n) is 2.96. The summed E-state index contributed by atoms with van der Waals surface area (Å²) in [5.41, 5.74) is 4.51. The Morgan fingerprint density at radius 1 is 0.870 bits per heavy atom. The van der Waals surface area contributed by atoms with E-state index in [-0.39, 0.29) is 0 Å². The van der Waals surface area contributed by atoms with Crippen LogP contribution < -0.4 is 4.73 Å². The van der Waals surface area contributed by atoms with E-state index in [0.717, 1.165) is 22.3 Å². The molecule has 0 amide bonds. The van der Waals surface area contributed by atoms with Crippen LogP contribution in [0.3, 0.4) is 0 Å². The zero-order valence-electron chi connectivity index (χ0n) is 12.2. The summed E-state index contributed by atoms with van der Waals surface area (Å²) in [4.78, 5) is 12.4. The molecule has 2 aromatic carbocycles. The second-order valence-corrected chi connectivity index (χ2v) is 5.41. The van der Waals surface area contributed by atoms with Crippen LogP contribution in [-0.4, -0.2) is 5.97 Å². The van der Waals surface area contributed by atoms with Crippen molar-refractivity contribution in [2.75, 3.05) is 0 Å². The molecule has 0 radical (unpaired) electrons. The molecule has 23 heavy (non-hydrogen) atoms. The zero-order chi connectivity index (χ0) is 15.8. The van der Waals surface area contributed by atoms with E-state index < -0.39 is 12.1 Å². The number of carbonyl (C=O) groups is 1. The maximum absolute atomic E-state index is 12.4. The lowest BCUT2D eigenvalue weighted by Crippen LogP contribution is -2.24. The first-order valence-electron chi connectivity index (χ1n) is 7.32. The van der Waals surface area contributed by atoms with Gasteiger partial charge in [-0.25, -0.2) is 4.79 Å². The smallest absolute Gasteiger partial charge is 0.339 e. The highest BCUT2D eigenvalue weighted by molar-refractivity contribution is 5.90. The molecule has 1 aliphatic carbocycles. The number of aromatic nitrogens is 1. The van der Waals surface area contributed by atoms with Crippen LogP contribution >= 0.6 is 0 Å². The Kier molecular flexibility index (Phi) is 3.08. The number of hydrogen-bond donors (Lipinski definition) is 0. The molecule has 3 aromatic rings. The Labute approximate surface area is 133 Å². The number of rotatable bonds is 2. The van der Waals surface area contributed by atoms with Crippen molar-refractivity contribution in [3.63, 3.8) is 0 Å². The van der Waals surface area contributed by atoms with E-state index in [1.807, 2.05) is 48.5 Å². The minimum Gasteiger partial charge on any atom is -0.619 e.